The molecule has 182 valence electrons. The Bertz CT molecular complexity index is 1560. The second-order valence-corrected chi connectivity index (χ2v) is 10.1. The van der Waals surface area contributed by atoms with Gasteiger partial charge in [-0.1, -0.05) is 29.0 Å². The maximum Gasteiger partial charge on any atom is 0.301 e. The molecule has 5 rings (SSSR count). The lowest BCUT2D eigenvalue weighted by Gasteiger charge is -2.21. The molecule has 1 fully saturated rings. The van der Waals surface area contributed by atoms with E-state index in [1.165, 1.54) is 52.6 Å². The third kappa shape index (κ3) is 4.00. The zero-order chi connectivity index (χ0) is 25.6. The minimum absolute atomic E-state index is 0.0996. The van der Waals surface area contributed by atoms with Crippen LogP contribution in [0.1, 0.15) is 23.4 Å². The summed E-state index contributed by atoms with van der Waals surface area (Å²) in [6.07, 6.45) is 0. The van der Waals surface area contributed by atoms with Crippen LogP contribution in [0.2, 0.25) is 5.02 Å². The largest absolute Gasteiger partial charge is 0.507 e. The Labute approximate surface area is 217 Å². The molecule has 0 bridgehead atoms. The topological polar surface area (TPSA) is 123 Å². The summed E-state index contributed by atoms with van der Waals surface area (Å²) in [5.74, 6) is -1.77. The Morgan fingerprint density at radius 2 is 2.06 bits per heavy atom. The van der Waals surface area contributed by atoms with E-state index in [9.17, 15) is 24.8 Å². The first kappa shape index (κ1) is 23.9. The van der Waals surface area contributed by atoms with Crippen molar-refractivity contribution in [3.8, 4) is 5.75 Å². The highest BCUT2D eigenvalue weighted by molar-refractivity contribution is 7.22. The summed E-state index contributed by atoms with van der Waals surface area (Å²) in [5.41, 5.74) is 0.508. The molecule has 2 aromatic carbocycles. The highest BCUT2D eigenvalue weighted by atomic mass is 35.5. The Balaban J connectivity index is 1.67. The molecule has 2 aromatic heterocycles. The number of non-ortho nitro benzene ring substituents is 1. The number of nitrogens with zero attached hydrogens (tertiary/aromatic N) is 3. The number of hydrogen-bond acceptors (Lipinski definition) is 9. The number of anilines is 1. The molecule has 3 heterocycles. The van der Waals surface area contributed by atoms with E-state index in [1.807, 2.05) is 0 Å². The lowest BCUT2D eigenvalue weighted by atomic mass is 10.00. The van der Waals surface area contributed by atoms with Gasteiger partial charge in [0.05, 0.1) is 32.3 Å². The summed E-state index contributed by atoms with van der Waals surface area (Å²) in [6, 6.07) is 11.4. The zero-order valence-electron chi connectivity index (χ0n) is 18.5. The smallest absolute Gasteiger partial charge is 0.301 e. The molecule has 1 atom stereocenters. The number of nitro benzene ring substituents is 1. The fourth-order valence-corrected chi connectivity index (χ4v) is 5.96. The quantitative estimate of drug-likeness (QED) is 0.105. The number of Topliss-reactive ketones (excluding diaryl/α,β-unsaturated/α-hetero) is 1. The van der Waals surface area contributed by atoms with Crippen LogP contribution in [-0.2, 0) is 9.59 Å². The monoisotopic (exact) mass is 541 g/mol. The highest BCUT2D eigenvalue weighted by Crippen LogP contribution is 2.46. The standard InChI is InChI=1S/C24H16ClN3O6S2/c1-2-34-16-10-12(5-7-14(16)25)21(29)19-20(17-4-3-9-35-17)27(23(31)22(19)30)24-26-15-8-6-13(28(32)33)11-18(15)36-24/h3-11,20,29H,2H2,1H3/b21-19+. The van der Waals surface area contributed by atoms with Crippen molar-refractivity contribution >= 4 is 72.8 Å². The molecule has 1 aliphatic heterocycles. The molecule has 0 saturated carbocycles. The van der Waals surface area contributed by atoms with E-state index in [2.05, 4.69) is 4.98 Å². The van der Waals surface area contributed by atoms with Crippen LogP contribution >= 0.6 is 34.3 Å². The van der Waals surface area contributed by atoms with Gasteiger partial charge in [0.1, 0.15) is 17.6 Å². The van der Waals surface area contributed by atoms with E-state index >= 15 is 0 Å². The predicted octanol–water partition coefficient (Wildman–Crippen LogP) is 5.94. The fraction of sp³-hybridized carbons (Fsp3) is 0.125. The van der Waals surface area contributed by atoms with E-state index in [4.69, 9.17) is 16.3 Å². The van der Waals surface area contributed by atoms with Crippen molar-refractivity contribution in [2.24, 2.45) is 0 Å². The van der Waals surface area contributed by atoms with Crippen molar-refractivity contribution in [2.75, 3.05) is 11.5 Å². The Morgan fingerprint density at radius 3 is 2.75 bits per heavy atom. The summed E-state index contributed by atoms with van der Waals surface area (Å²) in [6.45, 7) is 2.14. The Kier molecular flexibility index (Phi) is 6.20. The van der Waals surface area contributed by atoms with Crippen molar-refractivity contribution in [1.29, 1.82) is 0 Å². The number of thiophene rings is 1. The fourth-order valence-electron chi connectivity index (χ4n) is 3.94. The van der Waals surface area contributed by atoms with Gasteiger partial charge in [-0.15, -0.1) is 11.3 Å². The maximum atomic E-state index is 13.3. The number of nitro groups is 1. The number of carbonyl (C=O) groups excluding carboxylic acids is 2. The number of aliphatic hydroxyl groups excluding tert-OH is 1. The van der Waals surface area contributed by atoms with Crippen molar-refractivity contribution in [1.82, 2.24) is 4.98 Å². The first-order chi connectivity index (χ1) is 17.3. The van der Waals surface area contributed by atoms with E-state index in [1.54, 1.807) is 24.4 Å². The molecule has 1 N–H and O–H groups in total. The number of halogens is 1. The SMILES string of the molecule is CCOc1cc(/C(O)=C2\C(=O)C(=O)N(c3nc4ccc([N+](=O)[O-])cc4s3)C2c2cccs2)ccc1Cl. The summed E-state index contributed by atoms with van der Waals surface area (Å²) in [7, 11) is 0. The molecule has 0 aliphatic carbocycles. The maximum absolute atomic E-state index is 13.3. The van der Waals surface area contributed by atoms with E-state index < -0.39 is 22.7 Å². The van der Waals surface area contributed by atoms with Crippen LogP contribution in [0.5, 0.6) is 5.75 Å². The van der Waals surface area contributed by atoms with Gasteiger partial charge in [0.2, 0.25) is 0 Å². The highest BCUT2D eigenvalue weighted by Gasteiger charge is 2.48. The number of carbonyl (C=O) groups is 2. The molecule has 12 heteroatoms. The van der Waals surface area contributed by atoms with Gasteiger partial charge < -0.3 is 9.84 Å². The van der Waals surface area contributed by atoms with Gasteiger partial charge in [0.15, 0.2) is 5.13 Å². The van der Waals surface area contributed by atoms with Crippen LogP contribution in [0.25, 0.3) is 16.0 Å². The van der Waals surface area contributed by atoms with Crippen LogP contribution < -0.4 is 9.64 Å². The van der Waals surface area contributed by atoms with Gasteiger partial charge in [0.25, 0.3) is 11.5 Å². The number of fused-ring (bicyclic) bond motifs is 1. The lowest BCUT2D eigenvalue weighted by molar-refractivity contribution is -0.384. The van der Waals surface area contributed by atoms with Crippen molar-refractivity contribution in [3.63, 3.8) is 0 Å². The average molecular weight is 542 g/mol. The molecule has 1 saturated heterocycles. The second-order valence-electron chi connectivity index (χ2n) is 7.67. The van der Waals surface area contributed by atoms with Gasteiger partial charge in [-0.2, -0.15) is 0 Å². The second kappa shape index (κ2) is 9.34. The normalized spacial score (nSPS) is 17.2. The number of ketones is 1. The predicted molar refractivity (Wildman–Crippen MR) is 138 cm³/mol. The van der Waals surface area contributed by atoms with Crippen molar-refractivity contribution in [2.45, 2.75) is 13.0 Å². The van der Waals surface area contributed by atoms with Gasteiger partial charge >= 0.3 is 5.91 Å². The molecule has 9 nitrogen and oxygen atoms in total. The number of aliphatic hydroxyl groups is 1. The molecule has 1 aliphatic rings. The molecular formula is C24H16ClN3O6S2. The molecule has 4 aromatic rings. The van der Waals surface area contributed by atoms with Gasteiger partial charge in [-0.05, 0) is 42.6 Å². The van der Waals surface area contributed by atoms with E-state index in [0.717, 1.165) is 11.3 Å². The number of amides is 1. The molecule has 36 heavy (non-hydrogen) atoms. The number of aromatic nitrogens is 1. The average Bonchev–Trinajstić information content (AvgIpc) is 3.58. The minimum Gasteiger partial charge on any atom is -0.507 e. The summed E-state index contributed by atoms with van der Waals surface area (Å²) in [4.78, 5) is 43.6. The Hall–Kier alpha value is -3.80. The molecule has 1 amide bonds. The number of ether oxygens (including phenoxy) is 1. The molecule has 0 radical (unpaired) electrons. The van der Waals surface area contributed by atoms with Gasteiger partial charge in [-0.3, -0.25) is 24.6 Å². The summed E-state index contributed by atoms with van der Waals surface area (Å²) in [5, 5.41) is 24.8. The number of rotatable bonds is 6. The summed E-state index contributed by atoms with van der Waals surface area (Å²) >= 11 is 8.54. The summed E-state index contributed by atoms with van der Waals surface area (Å²) < 4.78 is 6.00. The minimum atomic E-state index is -0.938. The van der Waals surface area contributed by atoms with Crippen LogP contribution in [0, 0.1) is 10.1 Å². The molecule has 1 unspecified atom stereocenters. The van der Waals surface area contributed by atoms with E-state index in [0.29, 0.717) is 32.5 Å². The van der Waals surface area contributed by atoms with Crippen molar-refractivity contribution < 1.29 is 24.4 Å². The van der Waals surface area contributed by atoms with Crippen LogP contribution in [0.15, 0.2) is 59.5 Å². The van der Waals surface area contributed by atoms with Gasteiger partial charge in [0, 0.05) is 22.6 Å². The first-order valence-corrected chi connectivity index (χ1v) is 12.7. The first-order valence-electron chi connectivity index (χ1n) is 10.6. The number of hydrogen-bond donors (Lipinski definition) is 1. The molecular weight excluding hydrogens is 526 g/mol. The molecule has 0 spiro atoms. The number of thiazole rings is 1. The van der Waals surface area contributed by atoms with Crippen LogP contribution in [0.3, 0.4) is 0 Å². The lowest BCUT2D eigenvalue weighted by Crippen LogP contribution is -2.28. The third-order valence-corrected chi connectivity index (χ3v) is 7.79. The third-order valence-electron chi connectivity index (χ3n) is 5.54. The van der Waals surface area contributed by atoms with E-state index in [-0.39, 0.29) is 27.7 Å². The van der Waals surface area contributed by atoms with Crippen molar-refractivity contribution in [3.05, 3.63) is 85.1 Å². The van der Waals surface area contributed by atoms with Crippen LogP contribution in [-0.4, -0.2) is 33.3 Å². The Morgan fingerprint density at radius 1 is 1.25 bits per heavy atom. The van der Waals surface area contributed by atoms with Gasteiger partial charge in [-0.25, -0.2) is 4.98 Å². The zero-order valence-corrected chi connectivity index (χ0v) is 20.9. The number of benzene rings is 2. The van der Waals surface area contributed by atoms with Crippen LogP contribution in [0.4, 0.5) is 10.8 Å².